The molecule has 0 saturated heterocycles. The van der Waals surface area contributed by atoms with Crippen LogP contribution in [-0.4, -0.2) is 12.9 Å². The molecule has 0 radical (unpaired) electrons. The van der Waals surface area contributed by atoms with Crippen LogP contribution >= 0.6 is 27.5 Å². The van der Waals surface area contributed by atoms with Crippen LogP contribution in [0, 0.1) is 6.92 Å². The lowest BCUT2D eigenvalue weighted by atomic mass is 9.99. The van der Waals surface area contributed by atoms with E-state index in [9.17, 15) is 4.79 Å². The van der Waals surface area contributed by atoms with Crippen LogP contribution in [0.15, 0.2) is 34.8 Å². The molecule has 22 heavy (non-hydrogen) atoms. The molecule has 1 fully saturated rings. The van der Waals surface area contributed by atoms with Gasteiger partial charge in [0.15, 0.2) is 5.78 Å². The molecule has 1 aliphatic carbocycles. The predicted octanol–water partition coefficient (Wildman–Crippen LogP) is 5.53. The van der Waals surface area contributed by atoms with Gasteiger partial charge in [-0.15, -0.1) is 0 Å². The molecule has 114 valence electrons. The first-order valence-corrected chi connectivity index (χ1v) is 8.37. The summed E-state index contributed by atoms with van der Waals surface area (Å²) in [5.41, 5.74) is 3.29. The standard InChI is InChI=1S/C18H16BrClO2/c1-10-15(19)9-14(16(20)18(10)22-2)17(21)13-7-5-12(6-8-13)11-3-4-11/h5-9,11H,3-4H2,1-2H3. The lowest BCUT2D eigenvalue weighted by molar-refractivity contribution is 0.103. The molecule has 2 aromatic carbocycles. The maximum atomic E-state index is 12.7. The molecule has 3 rings (SSSR count). The third kappa shape index (κ3) is 2.80. The lowest BCUT2D eigenvalue weighted by Crippen LogP contribution is -2.05. The minimum Gasteiger partial charge on any atom is -0.495 e. The molecule has 1 saturated carbocycles. The Morgan fingerprint density at radius 3 is 2.45 bits per heavy atom. The summed E-state index contributed by atoms with van der Waals surface area (Å²) < 4.78 is 6.14. The second-order valence-electron chi connectivity index (χ2n) is 5.60. The zero-order valence-corrected chi connectivity index (χ0v) is 14.8. The number of methoxy groups -OCH3 is 1. The van der Waals surface area contributed by atoms with Gasteiger partial charge >= 0.3 is 0 Å². The predicted molar refractivity (Wildman–Crippen MR) is 92.3 cm³/mol. The SMILES string of the molecule is COc1c(C)c(Br)cc(C(=O)c2ccc(C3CC3)cc2)c1Cl. The van der Waals surface area contributed by atoms with Crippen molar-refractivity contribution in [3.05, 3.63) is 62.1 Å². The van der Waals surface area contributed by atoms with Crippen molar-refractivity contribution in [1.82, 2.24) is 0 Å². The number of ether oxygens (including phenoxy) is 1. The van der Waals surface area contributed by atoms with Gasteiger partial charge in [-0.2, -0.15) is 0 Å². The Labute approximate surface area is 143 Å². The van der Waals surface area contributed by atoms with Crippen LogP contribution in [0.25, 0.3) is 0 Å². The molecular weight excluding hydrogens is 364 g/mol. The normalized spacial score (nSPS) is 14.0. The third-order valence-corrected chi connectivity index (χ3v) is 5.28. The van der Waals surface area contributed by atoms with Crippen LogP contribution in [0.2, 0.25) is 5.02 Å². The van der Waals surface area contributed by atoms with Crippen molar-refractivity contribution >= 4 is 33.3 Å². The number of rotatable bonds is 4. The van der Waals surface area contributed by atoms with Crippen LogP contribution in [0.5, 0.6) is 5.75 Å². The molecule has 0 atom stereocenters. The van der Waals surface area contributed by atoms with Crippen molar-refractivity contribution in [3.63, 3.8) is 0 Å². The van der Waals surface area contributed by atoms with Crippen molar-refractivity contribution in [2.24, 2.45) is 0 Å². The van der Waals surface area contributed by atoms with Crippen molar-refractivity contribution in [1.29, 1.82) is 0 Å². The van der Waals surface area contributed by atoms with E-state index in [0.717, 1.165) is 10.0 Å². The van der Waals surface area contributed by atoms with Gasteiger partial charge < -0.3 is 4.74 Å². The summed E-state index contributed by atoms with van der Waals surface area (Å²) >= 11 is 9.82. The second kappa shape index (κ2) is 6.05. The summed E-state index contributed by atoms with van der Waals surface area (Å²) in [7, 11) is 1.55. The molecule has 0 unspecified atom stereocenters. The van der Waals surface area contributed by atoms with Gasteiger partial charge in [-0.05, 0) is 37.3 Å². The summed E-state index contributed by atoms with van der Waals surface area (Å²) in [6.07, 6.45) is 2.50. The molecule has 0 bridgehead atoms. The highest BCUT2D eigenvalue weighted by molar-refractivity contribution is 9.10. The van der Waals surface area contributed by atoms with Gasteiger partial charge in [0.2, 0.25) is 0 Å². The number of hydrogen-bond acceptors (Lipinski definition) is 2. The topological polar surface area (TPSA) is 26.3 Å². The van der Waals surface area contributed by atoms with E-state index in [1.807, 2.05) is 31.2 Å². The molecule has 0 spiro atoms. The number of hydrogen-bond donors (Lipinski definition) is 0. The number of carbonyl (C=O) groups excluding carboxylic acids is 1. The van der Waals surface area contributed by atoms with Crippen molar-refractivity contribution in [2.75, 3.05) is 7.11 Å². The van der Waals surface area contributed by atoms with Crippen molar-refractivity contribution in [3.8, 4) is 5.75 Å². The molecule has 2 nitrogen and oxygen atoms in total. The van der Waals surface area contributed by atoms with E-state index in [0.29, 0.717) is 27.8 Å². The molecular formula is C18H16BrClO2. The Bertz CT molecular complexity index is 734. The second-order valence-corrected chi connectivity index (χ2v) is 6.84. The number of halogens is 2. The Morgan fingerprint density at radius 2 is 1.91 bits per heavy atom. The first-order valence-electron chi connectivity index (χ1n) is 7.20. The van der Waals surface area contributed by atoms with E-state index in [-0.39, 0.29) is 5.78 Å². The van der Waals surface area contributed by atoms with Crippen LogP contribution in [0.3, 0.4) is 0 Å². The van der Waals surface area contributed by atoms with Crippen LogP contribution in [0.1, 0.15) is 45.8 Å². The number of ketones is 1. The number of carbonyl (C=O) groups is 1. The van der Waals surface area contributed by atoms with E-state index < -0.39 is 0 Å². The zero-order chi connectivity index (χ0) is 15.9. The first kappa shape index (κ1) is 15.6. The molecule has 0 amide bonds. The zero-order valence-electron chi connectivity index (χ0n) is 12.5. The Balaban J connectivity index is 1.99. The molecule has 4 heteroatoms. The minimum atomic E-state index is -0.0913. The average molecular weight is 380 g/mol. The largest absolute Gasteiger partial charge is 0.495 e. The highest BCUT2D eigenvalue weighted by Crippen LogP contribution is 2.40. The summed E-state index contributed by atoms with van der Waals surface area (Å²) in [5.74, 6) is 1.13. The fourth-order valence-electron chi connectivity index (χ4n) is 2.58. The molecule has 0 aliphatic heterocycles. The number of benzene rings is 2. The van der Waals surface area contributed by atoms with Gasteiger partial charge in [0.25, 0.3) is 0 Å². The summed E-state index contributed by atoms with van der Waals surface area (Å²) in [5, 5.41) is 0.361. The average Bonchev–Trinajstić information content (AvgIpc) is 3.36. The molecule has 0 heterocycles. The fraction of sp³-hybridized carbons (Fsp3) is 0.278. The molecule has 1 aliphatic rings. The smallest absolute Gasteiger partial charge is 0.194 e. The minimum absolute atomic E-state index is 0.0913. The quantitative estimate of drug-likeness (QED) is 0.653. The van der Waals surface area contributed by atoms with E-state index in [2.05, 4.69) is 15.9 Å². The van der Waals surface area contributed by atoms with E-state index >= 15 is 0 Å². The van der Waals surface area contributed by atoms with Crippen LogP contribution in [0.4, 0.5) is 0 Å². The Morgan fingerprint density at radius 1 is 1.27 bits per heavy atom. The van der Waals surface area contributed by atoms with Gasteiger partial charge in [0.1, 0.15) is 5.75 Å². The monoisotopic (exact) mass is 378 g/mol. The molecule has 0 N–H and O–H groups in total. The van der Waals surface area contributed by atoms with E-state index in [1.165, 1.54) is 18.4 Å². The van der Waals surface area contributed by atoms with Crippen LogP contribution in [-0.2, 0) is 0 Å². The fourth-order valence-corrected chi connectivity index (χ4v) is 3.35. The maximum absolute atomic E-state index is 12.7. The molecule has 0 aromatic heterocycles. The van der Waals surface area contributed by atoms with Gasteiger partial charge in [0.05, 0.1) is 12.1 Å². The third-order valence-electron chi connectivity index (χ3n) is 4.08. The highest BCUT2D eigenvalue weighted by Gasteiger charge is 2.24. The summed E-state index contributed by atoms with van der Waals surface area (Å²) in [6, 6.07) is 9.61. The Kier molecular flexibility index (Phi) is 4.28. The Hall–Kier alpha value is -1.32. The summed E-state index contributed by atoms with van der Waals surface area (Å²) in [6.45, 7) is 1.90. The van der Waals surface area contributed by atoms with Crippen molar-refractivity contribution < 1.29 is 9.53 Å². The van der Waals surface area contributed by atoms with Gasteiger partial charge in [-0.1, -0.05) is 51.8 Å². The van der Waals surface area contributed by atoms with E-state index in [1.54, 1.807) is 13.2 Å². The first-order chi connectivity index (χ1) is 10.5. The van der Waals surface area contributed by atoms with Crippen LogP contribution < -0.4 is 4.74 Å². The van der Waals surface area contributed by atoms with Gasteiger partial charge in [-0.25, -0.2) is 0 Å². The van der Waals surface area contributed by atoms with Gasteiger partial charge in [0, 0.05) is 21.2 Å². The van der Waals surface area contributed by atoms with Gasteiger partial charge in [-0.3, -0.25) is 4.79 Å². The van der Waals surface area contributed by atoms with E-state index in [4.69, 9.17) is 16.3 Å². The maximum Gasteiger partial charge on any atom is 0.194 e. The summed E-state index contributed by atoms with van der Waals surface area (Å²) in [4.78, 5) is 12.7. The molecule has 2 aromatic rings. The lowest BCUT2D eigenvalue weighted by Gasteiger charge is -2.13. The van der Waals surface area contributed by atoms with Crippen molar-refractivity contribution in [2.45, 2.75) is 25.7 Å². The highest BCUT2D eigenvalue weighted by atomic mass is 79.9.